The van der Waals surface area contributed by atoms with E-state index in [1.165, 1.54) is 11.3 Å². The maximum absolute atomic E-state index is 11.7. The number of nitrogens with zero attached hydrogens (tertiary/aromatic N) is 2. The molecule has 5 nitrogen and oxygen atoms in total. The van der Waals surface area contributed by atoms with E-state index in [9.17, 15) is 4.79 Å². The van der Waals surface area contributed by atoms with Crippen LogP contribution in [0.25, 0.3) is 0 Å². The Morgan fingerprint density at radius 3 is 3.11 bits per heavy atom. The third-order valence-corrected chi connectivity index (χ3v) is 3.75. The van der Waals surface area contributed by atoms with E-state index in [1.54, 1.807) is 11.3 Å². The number of nitrogens with one attached hydrogen (secondary N) is 1. The average molecular weight is 283 g/mol. The molecule has 0 aromatic carbocycles. The first-order valence-electron chi connectivity index (χ1n) is 5.50. The highest BCUT2D eigenvalue weighted by molar-refractivity contribution is 7.15. The highest BCUT2D eigenvalue weighted by atomic mass is 32.1. The Morgan fingerprint density at radius 1 is 1.50 bits per heavy atom. The predicted molar refractivity (Wildman–Crippen MR) is 71.9 cm³/mol. The van der Waals surface area contributed by atoms with Gasteiger partial charge < -0.3 is 10.1 Å². The van der Waals surface area contributed by atoms with Gasteiger partial charge in [0, 0.05) is 11.5 Å². The molecule has 0 spiro atoms. The Hall–Kier alpha value is -1.31. The summed E-state index contributed by atoms with van der Waals surface area (Å²) in [6.07, 6.45) is 0.373. The third kappa shape index (κ3) is 3.86. The molecule has 0 aliphatic rings. The van der Waals surface area contributed by atoms with E-state index in [0.717, 1.165) is 9.88 Å². The molecule has 2 heterocycles. The van der Waals surface area contributed by atoms with Crippen LogP contribution in [0.15, 0.2) is 17.5 Å². The Bertz CT molecular complexity index is 496. The number of hydrogen-bond donors (Lipinski definition) is 1. The van der Waals surface area contributed by atoms with Crippen LogP contribution in [-0.2, 0) is 22.6 Å². The quantitative estimate of drug-likeness (QED) is 0.883. The smallest absolute Gasteiger partial charge is 0.231 e. The molecule has 0 fully saturated rings. The summed E-state index contributed by atoms with van der Waals surface area (Å²) in [5.41, 5.74) is 0. The molecule has 0 unspecified atom stereocenters. The van der Waals surface area contributed by atoms with Crippen molar-refractivity contribution in [1.29, 1.82) is 0 Å². The zero-order valence-electron chi connectivity index (χ0n) is 9.88. The Morgan fingerprint density at radius 2 is 2.39 bits per heavy atom. The first kappa shape index (κ1) is 13.1. The fourth-order valence-electron chi connectivity index (χ4n) is 1.29. The number of hydrogen-bond acceptors (Lipinski definition) is 6. The van der Waals surface area contributed by atoms with Gasteiger partial charge in [0.05, 0.1) is 6.42 Å². The van der Waals surface area contributed by atoms with Crippen LogP contribution in [0.3, 0.4) is 0 Å². The van der Waals surface area contributed by atoms with Gasteiger partial charge in [-0.05, 0) is 18.4 Å². The second-order valence-corrected chi connectivity index (χ2v) is 5.54. The summed E-state index contributed by atoms with van der Waals surface area (Å²) in [5, 5.41) is 13.8. The lowest BCUT2D eigenvalue weighted by molar-refractivity contribution is -0.115. The SMILES string of the molecule is CCOCc1nnc(NC(=O)Cc2cccs2)s1. The zero-order valence-corrected chi connectivity index (χ0v) is 11.5. The summed E-state index contributed by atoms with van der Waals surface area (Å²) in [6.45, 7) is 3.00. The fourth-order valence-corrected chi connectivity index (χ4v) is 2.68. The number of thiophene rings is 1. The molecule has 0 radical (unpaired) electrons. The summed E-state index contributed by atoms with van der Waals surface area (Å²) in [5.74, 6) is -0.0726. The monoisotopic (exact) mass is 283 g/mol. The molecule has 0 aliphatic carbocycles. The number of amides is 1. The molecule has 96 valence electrons. The largest absolute Gasteiger partial charge is 0.374 e. The molecule has 2 aromatic heterocycles. The lowest BCUT2D eigenvalue weighted by Crippen LogP contribution is -2.13. The van der Waals surface area contributed by atoms with Gasteiger partial charge in [0.2, 0.25) is 11.0 Å². The topological polar surface area (TPSA) is 64.1 Å². The summed E-state index contributed by atoms with van der Waals surface area (Å²) >= 11 is 2.90. The second-order valence-electron chi connectivity index (χ2n) is 3.44. The minimum atomic E-state index is -0.0726. The summed E-state index contributed by atoms with van der Waals surface area (Å²) in [4.78, 5) is 12.7. The highest BCUT2D eigenvalue weighted by Crippen LogP contribution is 2.17. The van der Waals surface area contributed by atoms with Gasteiger partial charge in [-0.25, -0.2) is 0 Å². The minimum Gasteiger partial charge on any atom is -0.374 e. The number of anilines is 1. The van der Waals surface area contributed by atoms with Gasteiger partial charge in [0.25, 0.3) is 0 Å². The predicted octanol–water partition coefficient (Wildman–Crippen LogP) is 2.32. The lowest BCUT2D eigenvalue weighted by atomic mass is 10.3. The van der Waals surface area contributed by atoms with Crippen molar-refractivity contribution < 1.29 is 9.53 Å². The molecule has 1 N–H and O–H groups in total. The van der Waals surface area contributed by atoms with Crippen molar-refractivity contribution in [3.05, 3.63) is 27.4 Å². The highest BCUT2D eigenvalue weighted by Gasteiger charge is 2.09. The average Bonchev–Trinajstić information content (AvgIpc) is 2.98. The number of carbonyl (C=O) groups is 1. The van der Waals surface area contributed by atoms with Gasteiger partial charge in [0.15, 0.2) is 0 Å². The van der Waals surface area contributed by atoms with Crippen LogP contribution in [0.1, 0.15) is 16.8 Å². The van der Waals surface area contributed by atoms with Crippen molar-refractivity contribution in [3.63, 3.8) is 0 Å². The van der Waals surface area contributed by atoms with Gasteiger partial charge in [0.1, 0.15) is 11.6 Å². The van der Waals surface area contributed by atoms with E-state index in [-0.39, 0.29) is 5.91 Å². The standard InChI is InChI=1S/C11H13N3O2S2/c1-2-16-7-10-13-14-11(18-10)12-9(15)6-8-4-3-5-17-8/h3-5H,2,6-7H2,1H3,(H,12,14,15). The molecule has 0 saturated heterocycles. The molecule has 2 rings (SSSR count). The van der Waals surface area contributed by atoms with E-state index in [4.69, 9.17) is 4.74 Å². The van der Waals surface area contributed by atoms with Crippen molar-refractivity contribution in [3.8, 4) is 0 Å². The number of rotatable bonds is 6. The van der Waals surface area contributed by atoms with Crippen LogP contribution in [-0.4, -0.2) is 22.7 Å². The van der Waals surface area contributed by atoms with Crippen LogP contribution in [0.5, 0.6) is 0 Å². The summed E-state index contributed by atoms with van der Waals surface area (Å²) < 4.78 is 5.22. The number of carbonyl (C=O) groups excluding carboxylic acids is 1. The summed E-state index contributed by atoms with van der Waals surface area (Å²) in [7, 11) is 0. The van der Waals surface area contributed by atoms with Crippen molar-refractivity contribution in [2.45, 2.75) is 20.0 Å². The fraction of sp³-hybridized carbons (Fsp3) is 0.364. The zero-order chi connectivity index (χ0) is 12.8. The van der Waals surface area contributed by atoms with E-state index in [2.05, 4.69) is 15.5 Å². The molecule has 0 atom stereocenters. The van der Waals surface area contributed by atoms with Crippen LogP contribution in [0, 0.1) is 0 Å². The molecule has 0 aliphatic heterocycles. The maximum atomic E-state index is 11.7. The van der Waals surface area contributed by atoms with Gasteiger partial charge in [-0.1, -0.05) is 17.4 Å². The lowest BCUT2D eigenvalue weighted by Gasteiger charge is -1.98. The third-order valence-electron chi connectivity index (χ3n) is 2.06. The summed E-state index contributed by atoms with van der Waals surface area (Å²) in [6, 6.07) is 3.86. The van der Waals surface area contributed by atoms with E-state index in [0.29, 0.717) is 24.8 Å². The molecular formula is C11H13N3O2S2. The Balaban J connectivity index is 1.85. The molecule has 1 amide bonds. The minimum absolute atomic E-state index is 0.0726. The van der Waals surface area contributed by atoms with E-state index in [1.807, 2.05) is 24.4 Å². The van der Waals surface area contributed by atoms with E-state index >= 15 is 0 Å². The van der Waals surface area contributed by atoms with Crippen molar-refractivity contribution in [1.82, 2.24) is 10.2 Å². The van der Waals surface area contributed by atoms with E-state index < -0.39 is 0 Å². The molecular weight excluding hydrogens is 270 g/mol. The normalized spacial score (nSPS) is 10.5. The maximum Gasteiger partial charge on any atom is 0.231 e. The Labute approximate surface area is 113 Å². The van der Waals surface area contributed by atoms with Crippen molar-refractivity contribution in [2.24, 2.45) is 0 Å². The molecule has 0 saturated carbocycles. The van der Waals surface area contributed by atoms with Crippen LogP contribution >= 0.6 is 22.7 Å². The second kappa shape index (κ2) is 6.58. The van der Waals surface area contributed by atoms with Gasteiger partial charge in [-0.2, -0.15) is 0 Å². The molecule has 0 bridgehead atoms. The van der Waals surface area contributed by atoms with Crippen LogP contribution in [0.2, 0.25) is 0 Å². The van der Waals surface area contributed by atoms with Gasteiger partial charge in [-0.15, -0.1) is 21.5 Å². The van der Waals surface area contributed by atoms with Gasteiger partial charge in [-0.3, -0.25) is 4.79 Å². The van der Waals surface area contributed by atoms with Crippen molar-refractivity contribution in [2.75, 3.05) is 11.9 Å². The van der Waals surface area contributed by atoms with Crippen molar-refractivity contribution >= 4 is 33.7 Å². The molecule has 2 aromatic rings. The molecule has 18 heavy (non-hydrogen) atoms. The van der Waals surface area contributed by atoms with Gasteiger partial charge >= 0.3 is 0 Å². The Kier molecular flexibility index (Phi) is 4.80. The number of ether oxygens (including phenoxy) is 1. The first-order valence-corrected chi connectivity index (χ1v) is 7.20. The first-order chi connectivity index (χ1) is 8.78. The molecule has 7 heteroatoms. The van der Waals surface area contributed by atoms with Crippen LogP contribution in [0.4, 0.5) is 5.13 Å². The number of aromatic nitrogens is 2. The van der Waals surface area contributed by atoms with Crippen LogP contribution < -0.4 is 5.32 Å².